The largest absolute Gasteiger partial charge is 0.455 e. The Bertz CT molecular complexity index is 943. The maximum Gasteiger partial charge on any atom is 0.338 e. The van der Waals surface area contributed by atoms with Gasteiger partial charge in [-0.15, -0.1) is 11.3 Å². The lowest BCUT2D eigenvalue weighted by Gasteiger charge is -2.04. The van der Waals surface area contributed by atoms with E-state index in [2.05, 4.69) is 4.98 Å². The molecular weight excluding hydrogens is 334 g/mol. The molecule has 7 heteroatoms. The van der Waals surface area contributed by atoms with Crippen LogP contribution in [0.2, 0.25) is 0 Å². The summed E-state index contributed by atoms with van der Waals surface area (Å²) in [5.74, 6) is -0.574. The zero-order valence-corrected chi connectivity index (χ0v) is 13.9. The number of ether oxygens (including phenoxy) is 1. The van der Waals surface area contributed by atoms with Gasteiger partial charge in [0.15, 0.2) is 9.84 Å². The van der Waals surface area contributed by atoms with Gasteiger partial charge in [-0.05, 0) is 30.3 Å². The molecule has 0 spiro atoms. The Labute approximate surface area is 137 Å². The van der Waals surface area contributed by atoms with Gasteiger partial charge in [0, 0.05) is 6.26 Å². The van der Waals surface area contributed by atoms with Gasteiger partial charge in [0.1, 0.15) is 11.6 Å². The van der Waals surface area contributed by atoms with Gasteiger partial charge in [-0.3, -0.25) is 0 Å². The number of aromatic nitrogens is 1. The Balaban J connectivity index is 1.74. The summed E-state index contributed by atoms with van der Waals surface area (Å²) in [4.78, 5) is 16.5. The summed E-state index contributed by atoms with van der Waals surface area (Å²) >= 11 is 1.46. The van der Waals surface area contributed by atoms with E-state index < -0.39 is 15.8 Å². The van der Waals surface area contributed by atoms with Crippen molar-refractivity contribution in [2.45, 2.75) is 11.5 Å². The second kappa shape index (κ2) is 6.10. The number of para-hydroxylation sites is 1. The molecule has 1 heterocycles. The molecule has 3 rings (SSSR count). The smallest absolute Gasteiger partial charge is 0.338 e. The van der Waals surface area contributed by atoms with Crippen molar-refractivity contribution in [3.05, 3.63) is 59.1 Å². The Hall–Kier alpha value is -2.25. The van der Waals surface area contributed by atoms with Crippen molar-refractivity contribution in [2.24, 2.45) is 0 Å². The molecule has 0 atom stereocenters. The van der Waals surface area contributed by atoms with Gasteiger partial charge < -0.3 is 4.74 Å². The Kier molecular flexibility index (Phi) is 4.14. The van der Waals surface area contributed by atoms with Crippen molar-refractivity contribution in [1.82, 2.24) is 4.98 Å². The molecule has 5 nitrogen and oxygen atoms in total. The molecule has 0 unspecified atom stereocenters. The standard InChI is InChI=1S/C16H13NO4S2/c1-23(19,20)12-6-4-5-11(9-12)16(18)21-10-15-17-13-7-2-3-8-14(13)22-15/h2-9H,10H2,1H3. The number of esters is 1. The lowest BCUT2D eigenvalue weighted by Crippen LogP contribution is -2.06. The fourth-order valence-electron chi connectivity index (χ4n) is 2.05. The molecule has 1 aromatic heterocycles. The molecule has 3 aromatic rings. The number of thiazole rings is 1. The molecule has 0 aliphatic carbocycles. The van der Waals surface area contributed by atoms with E-state index in [9.17, 15) is 13.2 Å². The first-order valence-corrected chi connectivity index (χ1v) is 9.46. The molecule has 0 aliphatic heterocycles. The summed E-state index contributed by atoms with van der Waals surface area (Å²) < 4.78 is 29.3. The number of nitrogens with zero attached hydrogens (tertiary/aromatic N) is 1. The minimum absolute atomic E-state index is 0.0568. The SMILES string of the molecule is CS(=O)(=O)c1cccc(C(=O)OCc2nc3ccccc3s2)c1. The number of fused-ring (bicyclic) bond motifs is 1. The Morgan fingerprint density at radius 1 is 1.17 bits per heavy atom. The first-order chi connectivity index (χ1) is 10.9. The van der Waals surface area contributed by atoms with Crippen LogP contribution >= 0.6 is 11.3 Å². The number of benzene rings is 2. The average molecular weight is 347 g/mol. The van der Waals surface area contributed by atoms with E-state index in [1.165, 1.54) is 35.6 Å². The first kappa shape index (κ1) is 15.6. The molecule has 0 fully saturated rings. The highest BCUT2D eigenvalue weighted by Gasteiger charge is 2.13. The summed E-state index contributed by atoms with van der Waals surface area (Å²) in [5, 5.41) is 0.693. The van der Waals surface area contributed by atoms with Gasteiger partial charge in [0.25, 0.3) is 0 Å². The molecular formula is C16H13NO4S2. The number of sulfone groups is 1. The topological polar surface area (TPSA) is 73.3 Å². The van der Waals surface area contributed by atoms with E-state index in [0.717, 1.165) is 16.5 Å². The first-order valence-electron chi connectivity index (χ1n) is 6.75. The molecule has 118 valence electrons. The van der Waals surface area contributed by atoms with Crippen LogP contribution in [0.4, 0.5) is 0 Å². The fraction of sp³-hybridized carbons (Fsp3) is 0.125. The normalized spacial score (nSPS) is 11.5. The van der Waals surface area contributed by atoms with Crippen LogP contribution in [-0.2, 0) is 21.2 Å². The van der Waals surface area contributed by atoms with E-state index in [0.29, 0.717) is 5.01 Å². The van der Waals surface area contributed by atoms with Gasteiger partial charge >= 0.3 is 5.97 Å². The Morgan fingerprint density at radius 2 is 1.96 bits per heavy atom. The van der Waals surface area contributed by atoms with E-state index in [4.69, 9.17) is 4.74 Å². The predicted molar refractivity (Wildman–Crippen MR) is 88.3 cm³/mol. The maximum atomic E-state index is 12.1. The molecule has 0 saturated carbocycles. The van der Waals surface area contributed by atoms with Crippen molar-refractivity contribution in [3.63, 3.8) is 0 Å². The second-order valence-corrected chi connectivity index (χ2v) is 8.08. The van der Waals surface area contributed by atoms with Gasteiger partial charge in [0.05, 0.1) is 20.7 Å². The van der Waals surface area contributed by atoms with Crippen LogP contribution in [0.15, 0.2) is 53.4 Å². The summed E-state index contributed by atoms with van der Waals surface area (Å²) in [6, 6.07) is 13.5. The minimum Gasteiger partial charge on any atom is -0.455 e. The van der Waals surface area contributed by atoms with Crippen molar-refractivity contribution in [1.29, 1.82) is 0 Å². The fourth-order valence-corrected chi connectivity index (χ4v) is 3.59. The number of rotatable bonds is 4. The van der Waals surface area contributed by atoms with Crippen LogP contribution in [0.3, 0.4) is 0 Å². The molecule has 23 heavy (non-hydrogen) atoms. The van der Waals surface area contributed by atoms with E-state index in [1.54, 1.807) is 0 Å². The summed E-state index contributed by atoms with van der Waals surface area (Å²) in [7, 11) is -3.36. The predicted octanol–water partition coefficient (Wildman–Crippen LogP) is 3.06. The highest BCUT2D eigenvalue weighted by atomic mass is 32.2. The van der Waals surface area contributed by atoms with Gasteiger partial charge in [-0.25, -0.2) is 18.2 Å². The minimum atomic E-state index is -3.36. The summed E-state index contributed by atoms with van der Waals surface area (Å²) in [5.41, 5.74) is 1.07. The summed E-state index contributed by atoms with van der Waals surface area (Å²) in [6.45, 7) is 0.0568. The van der Waals surface area contributed by atoms with Gasteiger partial charge in [-0.1, -0.05) is 18.2 Å². The van der Waals surface area contributed by atoms with Crippen molar-refractivity contribution < 1.29 is 17.9 Å². The van der Waals surface area contributed by atoms with Crippen LogP contribution in [0, 0.1) is 0 Å². The third-order valence-electron chi connectivity index (χ3n) is 3.16. The lowest BCUT2D eigenvalue weighted by atomic mass is 10.2. The van der Waals surface area contributed by atoms with Crippen LogP contribution in [0.1, 0.15) is 15.4 Å². The number of carbonyl (C=O) groups excluding carboxylic acids is 1. The number of carbonyl (C=O) groups is 1. The number of hydrogen-bond acceptors (Lipinski definition) is 6. The molecule has 0 saturated heterocycles. The third-order valence-corrected chi connectivity index (χ3v) is 5.28. The second-order valence-electron chi connectivity index (χ2n) is 4.95. The van der Waals surface area contributed by atoms with Crippen LogP contribution in [0.25, 0.3) is 10.2 Å². The maximum absolute atomic E-state index is 12.1. The number of hydrogen-bond donors (Lipinski definition) is 0. The molecule has 2 aromatic carbocycles. The Morgan fingerprint density at radius 3 is 2.70 bits per heavy atom. The van der Waals surface area contributed by atoms with E-state index in [-0.39, 0.29) is 17.1 Å². The molecule has 0 radical (unpaired) electrons. The quantitative estimate of drug-likeness (QED) is 0.678. The zero-order chi connectivity index (χ0) is 16.4. The van der Waals surface area contributed by atoms with E-state index in [1.807, 2.05) is 24.3 Å². The molecule has 0 aliphatic rings. The van der Waals surface area contributed by atoms with Crippen molar-refractivity contribution in [2.75, 3.05) is 6.26 Å². The highest BCUT2D eigenvalue weighted by molar-refractivity contribution is 7.90. The van der Waals surface area contributed by atoms with Crippen molar-refractivity contribution >= 4 is 37.4 Å². The van der Waals surface area contributed by atoms with Crippen LogP contribution in [-0.4, -0.2) is 25.6 Å². The highest BCUT2D eigenvalue weighted by Crippen LogP contribution is 2.22. The molecule has 0 amide bonds. The average Bonchev–Trinajstić information content (AvgIpc) is 2.95. The van der Waals surface area contributed by atoms with Gasteiger partial charge in [-0.2, -0.15) is 0 Å². The van der Waals surface area contributed by atoms with Crippen molar-refractivity contribution in [3.8, 4) is 0 Å². The molecule has 0 bridgehead atoms. The van der Waals surface area contributed by atoms with E-state index >= 15 is 0 Å². The summed E-state index contributed by atoms with van der Waals surface area (Å²) in [6.07, 6.45) is 1.10. The lowest BCUT2D eigenvalue weighted by molar-refractivity contribution is 0.0472. The van der Waals surface area contributed by atoms with Crippen LogP contribution < -0.4 is 0 Å². The zero-order valence-electron chi connectivity index (χ0n) is 12.2. The third kappa shape index (κ3) is 3.57. The van der Waals surface area contributed by atoms with Crippen LogP contribution in [0.5, 0.6) is 0 Å². The monoisotopic (exact) mass is 347 g/mol. The molecule has 0 N–H and O–H groups in total. The van der Waals surface area contributed by atoms with Gasteiger partial charge in [0.2, 0.25) is 0 Å².